The molecule has 0 bridgehead atoms. The molecular formula is C17H18N4OS. The first-order valence-corrected chi connectivity index (χ1v) is 8.25. The fourth-order valence-electron chi connectivity index (χ4n) is 2.14. The van der Waals surface area contributed by atoms with E-state index in [1.54, 1.807) is 17.5 Å². The topological polar surface area (TPSA) is 73.1 Å². The molecule has 2 heterocycles. The number of ether oxygens (including phenoxy) is 1. The van der Waals surface area contributed by atoms with Crippen LogP contribution >= 0.6 is 11.3 Å². The summed E-state index contributed by atoms with van der Waals surface area (Å²) >= 11 is 1.71. The Bertz CT molecular complexity index is 732. The van der Waals surface area contributed by atoms with Crippen LogP contribution in [0.5, 0.6) is 5.75 Å². The maximum Gasteiger partial charge on any atom is 0.221 e. The molecule has 6 heteroatoms. The van der Waals surface area contributed by atoms with Crippen molar-refractivity contribution in [3.8, 4) is 5.75 Å². The second-order valence-corrected chi connectivity index (χ2v) is 5.98. The highest BCUT2D eigenvalue weighted by atomic mass is 32.1. The summed E-state index contributed by atoms with van der Waals surface area (Å²) in [6.45, 7) is 1.28. The summed E-state index contributed by atoms with van der Waals surface area (Å²) in [5, 5.41) is 5.38. The van der Waals surface area contributed by atoms with E-state index in [2.05, 4.69) is 26.7 Å². The monoisotopic (exact) mass is 326 g/mol. The molecule has 0 unspecified atom stereocenters. The Morgan fingerprint density at radius 1 is 1.13 bits per heavy atom. The van der Waals surface area contributed by atoms with Gasteiger partial charge in [-0.25, -0.2) is 4.98 Å². The van der Waals surface area contributed by atoms with Gasteiger partial charge in [-0.15, -0.1) is 11.3 Å². The highest BCUT2D eigenvalue weighted by Crippen LogP contribution is 2.17. The van der Waals surface area contributed by atoms with Crippen LogP contribution in [-0.2, 0) is 13.0 Å². The van der Waals surface area contributed by atoms with Crippen molar-refractivity contribution in [3.63, 3.8) is 0 Å². The van der Waals surface area contributed by atoms with Crippen molar-refractivity contribution in [2.75, 3.05) is 17.7 Å². The first-order valence-electron chi connectivity index (χ1n) is 7.37. The van der Waals surface area contributed by atoms with Crippen LogP contribution in [0.25, 0.3) is 0 Å². The van der Waals surface area contributed by atoms with Crippen molar-refractivity contribution in [3.05, 3.63) is 64.5 Å². The molecule has 0 radical (unpaired) electrons. The van der Waals surface area contributed by atoms with Crippen molar-refractivity contribution in [1.82, 2.24) is 9.97 Å². The second-order valence-electron chi connectivity index (χ2n) is 4.95. The molecule has 1 aromatic carbocycles. The third kappa shape index (κ3) is 4.43. The van der Waals surface area contributed by atoms with Gasteiger partial charge in [0.1, 0.15) is 11.6 Å². The van der Waals surface area contributed by atoms with Crippen molar-refractivity contribution < 1.29 is 4.74 Å². The number of nitrogens with zero attached hydrogens (tertiary/aromatic N) is 2. The van der Waals surface area contributed by atoms with Crippen LogP contribution < -0.4 is 15.8 Å². The van der Waals surface area contributed by atoms with Gasteiger partial charge in [0, 0.05) is 23.1 Å². The first-order chi connectivity index (χ1) is 11.3. The fourth-order valence-corrected chi connectivity index (χ4v) is 2.78. The number of nitrogen functional groups attached to an aromatic ring is 1. The Morgan fingerprint density at radius 3 is 2.78 bits per heavy atom. The molecule has 23 heavy (non-hydrogen) atoms. The zero-order valence-electron chi connectivity index (χ0n) is 12.6. The molecule has 0 atom stereocenters. The largest absolute Gasteiger partial charge is 0.493 e. The van der Waals surface area contributed by atoms with E-state index in [9.17, 15) is 0 Å². The average molecular weight is 326 g/mol. The van der Waals surface area contributed by atoms with Gasteiger partial charge in [0.15, 0.2) is 0 Å². The lowest BCUT2D eigenvalue weighted by Gasteiger charge is -2.11. The maximum absolute atomic E-state index is 5.73. The summed E-state index contributed by atoms with van der Waals surface area (Å²) in [5.41, 5.74) is 6.70. The summed E-state index contributed by atoms with van der Waals surface area (Å²) < 4.78 is 5.73. The SMILES string of the molecule is Nc1ncc(CCOc2ccccc2)c(NCc2cccs2)n1. The van der Waals surface area contributed by atoms with Crippen LogP contribution in [0.15, 0.2) is 54.0 Å². The minimum Gasteiger partial charge on any atom is -0.493 e. The third-order valence-corrected chi connectivity index (χ3v) is 4.15. The number of aromatic nitrogens is 2. The van der Waals surface area contributed by atoms with E-state index in [0.29, 0.717) is 13.0 Å². The van der Waals surface area contributed by atoms with Crippen LogP contribution in [-0.4, -0.2) is 16.6 Å². The highest BCUT2D eigenvalue weighted by Gasteiger charge is 2.07. The van der Waals surface area contributed by atoms with Crippen molar-refractivity contribution >= 4 is 23.1 Å². The summed E-state index contributed by atoms with van der Waals surface area (Å²) in [6, 6.07) is 13.9. The quantitative estimate of drug-likeness (QED) is 0.696. The van der Waals surface area contributed by atoms with Crippen LogP contribution in [0.1, 0.15) is 10.4 Å². The molecule has 0 aliphatic carbocycles. The Labute approximate surface area is 139 Å². The van der Waals surface area contributed by atoms with Crippen molar-refractivity contribution in [2.45, 2.75) is 13.0 Å². The summed E-state index contributed by atoms with van der Waals surface area (Å²) in [5.74, 6) is 1.89. The second kappa shape index (κ2) is 7.60. The normalized spacial score (nSPS) is 10.4. The lowest BCUT2D eigenvalue weighted by atomic mass is 10.2. The van der Waals surface area contributed by atoms with Crippen LogP contribution in [0.4, 0.5) is 11.8 Å². The van der Waals surface area contributed by atoms with E-state index >= 15 is 0 Å². The number of benzene rings is 1. The molecule has 5 nitrogen and oxygen atoms in total. The fraction of sp³-hybridized carbons (Fsp3) is 0.176. The summed E-state index contributed by atoms with van der Waals surface area (Å²) in [6.07, 6.45) is 2.47. The van der Waals surface area contributed by atoms with Gasteiger partial charge in [0.25, 0.3) is 0 Å². The van der Waals surface area contributed by atoms with E-state index in [1.165, 1.54) is 4.88 Å². The van der Waals surface area contributed by atoms with E-state index in [-0.39, 0.29) is 5.95 Å². The number of thiophene rings is 1. The number of hydrogen-bond acceptors (Lipinski definition) is 6. The highest BCUT2D eigenvalue weighted by molar-refractivity contribution is 7.09. The molecular weight excluding hydrogens is 308 g/mol. The lowest BCUT2D eigenvalue weighted by molar-refractivity contribution is 0.322. The zero-order chi connectivity index (χ0) is 15.9. The number of anilines is 2. The van der Waals surface area contributed by atoms with Crippen LogP contribution in [0, 0.1) is 0 Å². The Balaban J connectivity index is 1.61. The molecule has 3 rings (SSSR count). The van der Waals surface area contributed by atoms with Crippen molar-refractivity contribution in [1.29, 1.82) is 0 Å². The molecule has 3 aromatic rings. The van der Waals surface area contributed by atoms with E-state index in [1.807, 2.05) is 36.4 Å². The Hall–Kier alpha value is -2.60. The minimum absolute atomic E-state index is 0.270. The van der Waals surface area contributed by atoms with Crippen LogP contribution in [0.2, 0.25) is 0 Å². The number of nitrogens with one attached hydrogen (secondary N) is 1. The number of nitrogens with two attached hydrogens (primary N) is 1. The predicted molar refractivity (Wildman–Crippen MR) is 93.7 cm³/mol. The van der Waals surface area contributed by atoms with Gasteiger partial charge >= 0.3 is 0 Å². The van der Waals surface area contributed by atoms with Gasteiger partial charge in [0.05, 0.1) is 13.2 Å². The van der Waals surface area contributed by atoms with Gasteiger partial charge in [-0.2, -0.15) is 4.98 Å². The maximum atomic E-state index is 5.73. The molecule has 0 aliphatic heterocycles. The predicted octanol–water partition coefficient (Wildman–Crippen LogP) is 3.35. The van der Waals surface area contributed by atoms with E-state index in [0.717, 1.165) is 23.7 Å². The summed E-state index contributed by atoms with van der Waals surface area (Å²) in [4.78, 5) is 9.63. The molecule has 0 amide bonds. The molecule has 0 saturated carbocycles. The van der Waals surface area contributed by atoms with Gasteiger partial charge in [0.2, 0.25) is 5.95 Å². The molecule has 0 spiro atoms. The van der Waals surface area contributed by atoms with Crippen LogP contribution in [0.3, 0.4) is 0 Å². The van der Waals surface area contributed by atoms with E-state index in [4.69, 9.17) is 10.5 Å². The minimum atomic E-state index is 0.270. The van der Waals surface area contributed by atoms with E-state index < -0.39 is 0 Å². The number of para-hydroxylation sites is 1. The molecule has 0 saturated heterocycles. The summed E-state index contributed by atoms with van der Waals surface area (Å²) in [7, 11) is 0. The number of rotatable bonds is 7. The first kappa shape index (κ1) is 15.3. The Morgan fingerprint density at radius 2 is 2.00 bits per heavy atom. The lowest BCUT2D eigenvalue weighted by Crippen LogP contribution is -2.10. The zero-order valence-corrected chi connectivity index (χ0v) is 13.4. The standard InChI is InChI=1S/C17H18N4OS/c18-17-20-11-13(8-9-22-14-5-2-1-3-6-14)16(21-17)19-12-15-7-4-10-23-15/h1-7,10-11H,8-9,12H2,(H3,18,19,20,21). The average Bonchev–Trinajstić information content (AvgIpc) is 3.09. The van der Waals surface area contributed by atoms with Gasteiger partial charge in [-0.1, -0.05) is 24.3 Å². The van der Waals surface area contributed by atoms with Gasteiger partial charge in [-0.3, -0.25) is 0 Å². The van der Waals surface area contributed by atoms with Gasteiger partial charge in [-0.05, 0) is 23.6 Å². The Kier molecular flexibility index (Phi) is 5.06. The van der Waals surface area contributed by atoms with Crippen molar-refractivity contribution in [2.24, 2.45) is 0 Å². The number of hydrogen-bond donors (Lipinski definition) is 2. The molecule has 0 fully saturated rings. The molecule has 0 aliphatic rings. The molecule has 118 valence electrons. The molecule has 2 aromatic heterocycles. The third-order valence-electron chi connectivity index (χ3n) is 3.28. The molecule has 3 N–H and O–H groups in total. The smallest absolute Gasteiger partial charge is 0.221 e. The van der Waals surface area contributed by atoms with Gasteiger partial charge < -0.3 is 15.8 Å².